The highest BCUT2D eigenvalue weighted by Gasteiger charge is 2.43. The van der Waals surface area contributed by atoms with Gasteiger partial charge in [0, 0.05) is 6.04 Å². The van der Waals surface area contributed by atoms with E-state index in [2.05, 4.69) is 30.7 Å². The molecule has 0 radical (unpaired) electrons. The monoisotopic (exact) mass is 209 g/mol. The lowest BCUT2D eigenvalue weighted by atomic mass is 9.92. The van der Waals surface area contributed by atoms with Crippen molar-refractivity contribution in [2.45, 2.75) is 58.0 Å². The van der Waals surface area contributed by atoms with E-state index >= 15 is 0 Å². The lowest BCUT2D eigenvalue weighted by Gasteiger charge is -2.40. The second-order valence-corrected chi connectivity index (χ2v) is 5.45. The smallest absolute Gasteiger partial charge is 0.192 e. The Hall–Kier alpha value is -0.730. The first-order valence-electron chi connectivity index (χ1n) is 6.16. The summed E-state index contributed by atoms with van der Waals surface area (Å²) in [6.07, 6.45) is 5.21. The SMILES string of the molecule is CCC(C)N1C(N)=NCC1(C)CC1CC1. The summed E-state index contributed by atoms with van der Waals surface area (Å²) in [5, 5.41) is 0. The minimum atomic E-state index is 0.195. The Morgan fingerprint density at radius 1 is 1.60 bits per heavy atom. The molecule has 1 aliphatic carbocycles. The van der Waals surface area contributed by atoms with Crippen LogP contribution in [0.1, 0.15) is 46.5 Å². The predicted molar refractivity (Wildman–Crippen MR) is 63.8 cm³/mol. The molecule has 0 amide bonds. The summed E-state index contributed by atoms with van der Waals surface area (Å²) in [4.78, 5) is 6.79. The van der Waals surface area contributed by atoms with Crippen LogP contribution in [0.15, 0.2) is 4.99 Å². The molecule has 2 atom stereocenters. The van der Waals surface area contributed by atoms with E-state index in [-0.39, 0.29) is 5.54 Å². The second-order valence-electron chi connectivity index (χ2n) is 5.45. The molecule has 86 valence electrons. The van der Waals surface area contributed by atoms with Gasteiger partial charge in [-0.05, 0) is 32.6 Å². The van der Waals surface area contributed by atoms with Gasteiger partial charge in [0.1, 0.15) is 0 Å². The molecule has 1 saturated carbocycles. The first-order valence-corrected chi connectivity index (χ1v) is 6.16. The molecule has 2 rings (SSSR count). The van der Waals surface area contributed by atoms with E-state index in [0.717, 1.165) is 24.8 Å². The number of aliphatic imine (C=N–C) groups is 1. The van der Waals surface area contributed by atoms with Gasteiger partial charge in [0.05, 0.1) is 12.1 Å². The molecule has 0 saturated heterocycles. The van der Waals surface area contributed by atoms with Gasteiger partial charge in [0.25, 0.3) is 0 Å². The highest BCUT2D eigenvalue weighted by Crippen LogP contribution is 2.41. The molecule has 2 N–H and O–H groups in total. The van der Waals surface area contributed by atoms with Crippen molar-refractivity contribution in [1.82, 2.24) is 4.90 Å². The maximum Gasteiger partial charge on any atom is 0.192 e. The normalized spacial score (nSPS) is 33.0. The number of hydrogen-bond donors (Lipinski definition) is 1. The molecule has 3 nitrogen and oxygen atoms in total. The minimum Gasteiger partial charge on any atom is -0.370 e. The summed E-state index contributed by atoms with van der Waals surface area (Å²) in [5.74, 6) is 1.69. The van der Waals surface area contributed by atoms with Crippen molar-refractivity contribution in [3.8, 4) is 0 Å². The molecule has 2 aliphatic rings. The van der Waals surface area contributed by atoms with Crippen molar-refractivity contribution in [2.75, 3.05) is 6.54 Å². The van der Waals surface area contributed by atoms with Crippen LogP contribution < -0.4 is 5.73 Å². The average molecular weight is 209 g/mol. The Morgan fingerprint density at radius 2 is 2.27 bits per heavy atom. The fraction of sp³-hybridized carbons (Fsp3) is 0.917. The lowest BCUT2D eigenvalue weighted by Crippen LogP contribution is -2.53. The number of hydrogen-bond acceptors (Lipinski definition) is 3. The zero-order chi connectivity index (χ0) is 11.1. The van der Waals surface area contributed by atoms with Gasteiger partial charge in [-0.15, -0.1) is 0 Å². The van der Waals surface area contributed by atoms with Crippen LogP contribution in [0.4, 0.5) is 0 Å². The summed E-state index contributed by atoms with van der Waals surface area (Å²) < 4.78 is 0. The van der Waals surface area contributed by atoms with E-state index in [1.54, 1.807) is 0 Å². The molecule has 1 heterocycles. The lowest BCUT2D eigenvalue weighted by molar-refractivity contribution is 0.153. The molecule has 2 unspecified atom stereocenters. The molecule has 0 bridgehead atoms. The topological polar surface area (TPSA) is 41.6 Å². The summed E-state index contributed by atoms with van der Waals surface area (Å²) in [6.45, 7) is 7.67. The van der Waals surface area contributed by atoms with Gasteiger partial charge in [0.2, 0.25) is 0 Å². The van der Waals surface area contributed by atoms with Gasteiger partial charge in [-0.3, -0.25) is 4.99 Å². The van der Waals surface area contributed by atoms with Crippen molar-refractivity contribution >= 4 is 5.96 Å². The molecule has 0 aromatic heterocycles. The van der Waals surface area contributed by atoms with Crippen LogP contribution in [-0.2, 0) is 0 Å². The van der Waals surface area contributed by atoms with E-state index in [1.165, 1.54) is 19.3 Å². The number of rotatable bonds is 4. The van der Waals surface area contributed by atoms with Crippen molar-refractivity contribution in [1.29, 1.82) is 0 Å². The second kappa shape index (κ2) is 3.69. The van der Waals surface area contributed by atoms with Gasteiger partial charge in [-0.1, -0.05) is 19.8 Å². The molecular formula is C12H23N3. The Balaban J connectivity index is 2.10. The van der Waals surface area contributed by atoms with Crippen molar-refractivity contribution in [3.05, 3.63) is 0 Å². The van der Waals surface area contributed by atoms with E-state index in [9.17, 15) is 0 Å². The molecule has 15 heavy (non-hydrogen) atoms. The first kappa shape index (κ1) is 10.8. The zero-order valence-corrected chi connectivity index (χ0v) is 10.2. The molecule has 0 spiro atoms. The first-order chi connectivity index (χ1) is 7.07. The van der Waals surface area contributed by atoms with E-state index in [0.29, 0.717) is 6.04 Å². The summed E-state index contributed by atoms with van der Waals surface area (Å²) in [5.41, 5.74) is 6.20. The largest absolute Gasteiger partial charge is 0.370 e. The van der Waals surface area contributed by atoms with E-state index in [1.807, 2.05) is 0 Å². The number of nitrogens with zero attached hydrogens (tertiary/aromatic N) is 2. The quantitative estimate of drug-likeness (QED) is 0.769. The van der Waals surface area contributed by atoms with E-state index < -0.39 is 0 Å². The minimum absolute atomic E-state index is 0.195. The Bertz CT molecular complexity index is 270. The summed E-state index contributed by atoms with van der Waals surface area (Å²) in [7, 11) is 0. The van der Waals surface area contributed by atoms with Crippen LogP contribution in [0, 0.1) is 5.92 Å². The maximum atomic E-state index is 6.00. The van der Waals surface area contributed by atoms with Gasteiger partial charge >= 0.3 is 0 Å². The highest BCUT2D eigenvalue weighted by atomic mass is 15.4. The van der Waals surface area contributed by atoms with Crippen LogP contribution in [0.2, 0.25) is 0 Å². The Labute approximate surface area is 92.7 Å². The third kappa shape index (κ3) is 1.97. The number of guanidine groups is 1. The number of nitrogens with two attached hydrogens (primary N) is 1. The Morgan fingerprint density at radius 3 is 2.80 bits per heavy atom. The molecule has 0 aromatic carbocycles. The summed E-state index contributed by atoms with van der Waals surface area (Å²) in [6, 6.07) is 0.514. The van der Waals surface area contributed by atoms with Gasteiger partial charge in [-0.2, -0.15) is 0 Å². The van der Waals surface area contributed by atoms with Crippen LogP contribution in [0.25, 0.3) is 0 Å². The molecular weight excluding hydrogens is 186 g/mol. The van der Waals surface area contributed by atoms with Crippen LogP contribution in [-0.4, -0.2) is 29.0 Å². The fourth-order valence-electron chi connectivity index (χ4n) is 2.73. The maximum absolute atomic E-state index is 6.00. The molecule has 1 aliphatic heterocycles. The predicted octanol–water partition coefficient (Wildman–Crippen LogP) is 1.97. The Kier molecular flexibility index (Phi) is 2.65. The van der Waals surface area contributed by atoms with Crippen LogP contribution in [0.3, 0.4) is 0 Å². The van der Waals surface area contributed by atoms with Crippen molar-refractivity contribution in [3.63, 3.8) is 0 Å². The molecule has 1 fully saturated rings. The van der Waals surface area contributed by atoms with Gasteiger partial charge in [-0.25, -0.2) is 0 Å². The van der Waals surface area contributed by atoms with Gasteiger partial charge in [0.15, 0.2) is 5.96 Å². The van der Waals surface area contributed by atoms with Gasteiger partial charge < -0.3 is 10.6 Å². The third-order valence-electron chi connectivity index (χ3n) is 3.87. The summed E-state index contributed by atoms with van der Waals surface area (Å²) >= 11 is 0. The molecule has 3 heteroatoms. The average Bonchev–Trinajstić information content (AvgIpc) is 2.93. The zero-order valence-electron chi connectivity index (χ0n) is 10.2. The van der Waals surface area contributed by atoms with Crippen LogP contribution in [0.5, 0.6) is 0 Å². The third-order valence-corrected chi connectivity index (χ3v) is 3.87. The van der Waals surface area contributed by atoms with Crippen molar-refractivity contribution < 1.29 is 0 Å². The van der Waals surface area contributed by atoms with Crippen molar-refractivity contribution in [2.24, 2.45) is 16.6 Å². The molecule has 0 aromatic rings. The van der Waals surface area contributed by atoms with Crippen LogP contribution >= 0.6 is 0 Å². The fourth-order valence-corrected chi connectivity index (χ4v) is 2.73. The van der Waals surface area contributed by atoms with E-state index in [4.69, 9.17) is 5.73 Å². The standard InChI is InChI=1S/C12H23N3/c1-4-9(2)15-11(13)14-8-12(15,3)7-10-5-6-10/h9-10H,4-8H2,1-3H3,(H2,13,14). The highest BCUT2D eigenvalue weighted by molar-refractivity contribution is 5.81.